The van der Waals surface area contributed by atoms with E-state index in [0.717, 1.165) is 18.9 Å². The van der Waals surface area contributed by atoms with Gasteiger partial charge in [-0.2, -0.15) is 13.2 Å². The van der Waals surface area contributed by atoms with Gasteiger partial charge in [-0.25, -0.2) is 0 Å². The molecule has 0 amide bonds. The van der Waals surface area contributed by atoms with E-state index in [0.29, 0.717) is 17.5 Å². The van der Waals surface area contributed by atoms with Crippen LogP contribution in [-0.4, -0.2) is 11.7 Å². The Bertz CT molecular complexity index is 385. The zero-order valence-electron chi connectivity index (χ0n) is 10.4. The Kier molecular flexibility index (Phi) is 5.20. The molecule has 0 bridgehead atoms. The standard InChI is InChI=1S/C14H18F3O/c1-3-4-5-11-6-12(10(2)9-18)8-13(7-11)14(15,16)17/h6-8,10,18H,2-5,9H2,1H3. The average Bonchev–Trinajstić information content (AvgIpc) is 2.33. The Morgan fingerprint density at radius 2 is 1.94 bits per heavy atom. The van der Waals surface area contributed by atoms with Crippen LogP contribution in [0.5, 0.6) is 0 Å². The van der Waals surface area contributed by atoms with Crippen LogP contribution in [0.3, 0.4) is 0 Å². The topological polar surface area (TPSA) is 20.2 Å². The molecule has 1 unspecified atom stereocenters. The molecule has 0 aromatic heterocycles. The van der Waals surface area contributed by atoms with Crippen LogP contribution < -0.4 is 0 Å². The van der Waals surface area contributed by atoms with Crippen LogP contribution in [-0.2, 0) is 12.6 Å². The lowest BCUT2D eigenvalue weighted by molar-refractivity contribution is -0.137. The van der Waals surface area contributed by atoms with Crippen molar-refractivity contribution >= 4 is 0 Å². The number of alkyl halides is 3. The second-order valence-electron chi connectivity index (χ2n) is 4.44. The minimum atomic E-state index is -4.36. The molecule has 4 heteroatoms. The molecule has 18 heavy (non-hydrogen) atoms. The largest absolute Gasteiger partial charge is 0.416 e. The molecule has 1 N–H and O–H groups in total. The van der Waals surface area contributed by atoms with Gasteiger partial charge in [-0.3, -0.25) is 0 Å². The van der Waals surface area contributed by atoms with Gasteiger partial charge in [0.05, 0.1) is 5.56 Å². The molecular formula is C14H18F3O. The van der Waals surface area contributed by atoms with E-state index in [4.69, 9.17) is 5.11 Å². The van der Waals surface area contributed by atoms with Gasteiger partial charge in [0.2, 0.25) is 0 Å². The Morgan fingerprint density at radius 3 is 2.44 bits per heavy atom. The molecule has 0 aliphatic heterocycles. The van der Waals surface area contributed by atoms with Crippen molar-refractivity contribution < 1.29 is 18.3 Å². The highest BCUT2D eigenvalue weighted by molar-refractivity contribution is 5.34. The molecule has 0 saturated heterocycles. The maximum Gasteiger partial charge on any atom is 0.416 e. The van der Waals surface area contributed by atoms with Gasteiger partial charge >= 0.3 is 6.18 Å². The molecule has 101 valence electrons. The van der Waals surface area contributed by atoms with E-state index < -0.39 is 17.7 Å². The van der Waals surface area contributed by atoms with Crippen molar-refractivity contribution in [2.24, 2.45) is 0 Å². The first-order chi connectivity index (χ1) is 8.38. The molecule has 0 heterocycles. The molecule has 0 saturated carbocycles. The number of benzene rings is 1. The summed E-state index contributed by atoms with van der Waals surface area (Å²) < 4.78 is 38.3. The predicted octanol–water partition coefficient (Wildman–Crippen LogP) is 3.96. The molecule has 1 aromatic carbocycles. The van der Waals surface area contributed by atoms with Crippen LogP contribution in [0.25, 0.3) is 0 Å². The van der Waals surface area contributed by atoms with Gasteiger partial charge in [-0.05, 0) is 43.0 Å². The van der Waals surface area contributed by atoms with Crippen LogP contribution in [0.2, 0.25) is 0 Å². The molecule has 1 nitrogen and oxygen atoms in total. The maximum atomic E-state index is 12.8. The van der Waals surface area contributed by atoms with Gasteiger partial charge in [0, 0.05) is 12.5 Å². The van der Waals surface area contributed by atoms with Gasteiger partial charge in [0.25, 0.3) is 0 Å². The lowest BCUT2D eigenvalue weighted by Gasteiger charge is -2.15. The van der Waals surface area contributed by atoms with Crippen molar-refractivity contribution in [1.29, 1.82) is 0 Å². The molecule has 1 aromatic rings. The van der Waals surface area contributed by atoms with Crippen LogP contribution in [0.4, 0.5) is 13.2 Å². The first-order valence-corrected chi connectivity index (χ1v) is 6.03. The summed E-state index contributed by atoms with van der Waals surface area (Å²) in [6, 6.07) is 3.96. The quantitative estimate of drug-likeness (QED) is 0.848. The van der Waals surface area contributed by atoms with Crippen molar-refractivity contribution in [1.82, 2.24) is 0 Å². The van der Waals surface area contributed by atoms with Gasteiger partial charge < -0.3 is 5.11 Å². The number of unbranched alkanes of at least 4 members (excludes halogenated alkanes) is 1. The SMILES string of the molecule is [CH2]C(CO)c1cc(CCCC)cc(C(F)(F)F)c1. The normalized spacial score (nSPS) is 13.7. The fourth-order valence-corrected chi connectivity index (χ4v) is 1.75. The van der Waals surface area contributed by atoms with Crippen LogP contribution >= 0.6 is 0 Å². The molecule has 1 rings (SSSR count). The van der Waals surface area contributed by atoms with Crippen LogP contribution in [0.1, 0.15) is 42.4 Å². The van der Waals surface area contributed by atoms with Crippen LogP contribution in [0, 0.1) is 6.92 Å². The highest BCUT2D eigenvalue weighted by Crippen LogP contribution is 2.32. The van der Waals surface area contributed by atoms with Gasteiger partial charge in [0.1, 0.15) is 0 Å². The number of hydrogen-bond donors (Lipinski definition) is 1. The summed E-state index contributed by atoms with van der Waals surface area (Å²) >= 11 is 0. The number of rotatable bonds is 5. The Hall–Kier alpha value is -1.03. The Balaban J connectivity index is 3.12. The molecule has 1 radical (unpaired) electrons. The minimum Gasteiger partial charge on any atom is -0.396 e. The zero-order chi connectivity index (χ0) is 13.8. The molecule has 0 aliphatic rings. The average molecular weight is 259 g/mol. The number of aryl methyl sites for hydroxylation is 1. The number of hydrogen-bond acceptors (Lipinski definition) is 1. The zero-order valence-corrected chi connectivity index (χ0v) is 10.4. The highest BCUT2D eigenvalue weighted by Gasteiger charge is 2.31. The first kappa shape index (κ1) is 15.0. The summed E-state index contributed by atoms with van der Waals surface area (Å²) in [5.74, 6) is -0.521. The van der Waals surface area contributed by atoms with Gasteiger partial charge in [0.15, 0.2) is 0 Å². The number of halogens is 3. The third-order valence-corrected chi connectivity index (χ3v) is 2.85. The summed E-state index contributed by atoms with van der Waals surface area (Å²) in [5.41, 5.74) is 0.440. The third kappa shape index (κ3) is 4.02. The number of aliphatic hydroxyl groups excluding tert-OH is 1. The molecular weight excluding hydrogens is 241 g/mol. The van der Waals surface area contributed by atoms with Crippen molar-refractivity contribution in [3.8, 4) is 0 Å². The molecule has 0 aliphatic carbocycles. The van der Waals surface area contributed by atoms with E-state index in [-0.39, 0.29) is 6.61 Å². The second kappa shape index (κ2) is 6.23. The van der Waals surface area contributed by atoms with E-state index in [1.54, 1.807) is 6.07 Å². The van der Waals surface area contributed by atoms with Crippen LogP contribution in [0.15, 0.2) is 18.2 Å². The summed E-state index contributed by atoms with van der Waals surface area (Å²) in [4.78, 5) is 0. The summed E-state index contributed by atoms with van der Waals surface area (Å²) in [7, 11) is 0. The summed E-state index contributed by atoms with van der Waals surface area (Å²) in [5, 5.41) is 9.01. The number of aliphatic hydroxyl groups is 1. The fraction of sp³-hybridized carbons (Fsp3) is 0.500. The Labute approximate surface area is 106 Å². The molecule has 1 atom stereocenters. The fourth-order valence-electron chi connectivity index (χ4n) is 1.75. The van der Waals surface area contributed by atoms with Gasteiger partial charge in [-0.1, -0.05) is 19.4 Å². The van der Waals surface area contributed by atoms with Gasteiger partial charge in [-0.15, -0.1) is 0 Å². The summed E-state index contributed by atoms with van der Waals surface area (Å²) in [6.07, 6.45) is -1.96. The Morgan fingerprint density at radius 1 is 1.28 bits per heavy atom. The van der Waals surface area contributed by atoms with E-state index in [1.807, 2.05) is 6.92 Å². The molecule has 0 spiro atoms. The van der Waals surface area contributed by atoms with E-state index >= 15 is 0 Å². The van der Waals surface area contributed by atoms with Crippen molar-refractivity contribution in [2.45, 2.75) is 38.3 Å². The monoisotopic (exact) mass is 259 g/mol. The molecule has 0 fully saturated rings. The summed E-state index contributed by atoms with van der Waals surface area (Å²) in [6.45, 7) is 5.39. The first-order valence-electron chi connectivity index (χ1n) is 6.03. The van der Waals surface area contributed by atoms with Crippen molar-refractivity contribution in [3.05, 3.63) is 41.8 Å². The van der Waals surface area contributed by atoms with Crippen molar-refractivity contribution in [3.63, 3.8) is 0 Å². The second-order valence-corrected chi connectivity index (χ2v) is 4.44. The van der Waals surface area contributed by atoms with Crippen molar-refractivity contribution in [2.75, 3.05) is 6.61 Å². The predicted molar refractivity (Wildman–Crippen MR) is 65.2 cm³/mol. The third-order valence-electron chi connectivity index (χ3n) is 2.85. The lowest BCUT2D eigenvalue weighted by atomic mass is 9.95. The van der Waals surface area contributed by atoms with E-state index in [9.17, 15) is 13.2 Å². The maximum absolute atomic E-state index is 12.8. The minimum absolute atomic E-state index is 0.255. The lowest BCUT2D eigenvalue weighted by Crippen LogP contribution is -2.09. The smallest absolute Gasteiger partial charge is 0.396 e. The van der Waals surface area contributed by atoms with E-state index in [2.05, 4.69) is 6.92 Å². The highest BCUT2D eigenvalue weighted by atomic mass is 19.4. The van der Waals surface area contributed by atoms with E-state index in [1.165, 1.54) is 6.07 Å².